The van der Waals surface area contributed by atoms with Gasteiger partial charge < -0.3 is 9.67 Å². The Kier molecular flexibility index (Phi) is 3.71. The van der Waals surface area contributed by atoms with E-state index in [0.717, 1.165) is 4.57 Å². The van der Waals surface area contributed by atoms with Crippen LogP contribution in [0.1, 0.15) is 0 Å². The highest BCUT2D eigenvalue weighted by Gasteiger charge is 2.19. The van der Waals surface area contributed by atoms with Crippen molar-refractivity contribution in [1.82, 2.24) is 18.7 Å². The van der Waals surface area contributed by atoms with Crippen molar-refractivity contribution in [1.29, 1.82) is 0 Å². The van der Waals surface area contributed by atoms with Gasteiger partial charge >= 0.3 is 5.69 Å². The third-order valence-electron chi connectivity index (χ3n) is 2.87. The fraction of sp³-hybridized carbons (Fsp3) is 0.500. The van der Waals surface area contributed by atoms with E-state index in [2.05, 4.69) is 4.98 Å². The monoisotopic (exact) mass is 306 g/mol. The summed E-state index contributed by atoms with van der Waals surface area (Å²) in [5.41, 5.74) is -0.658. The third-order valence-corrected chi connectivity index (χ3v) is 3.52. The lowest BCUT2D eigenvalue weighted by Gasteiger charge is -2.10. The summed E-state index contributed by atoms with van der Waals surface area (Å²) in [6.45, 7) is 0.0340. The standard InChI is InChI=1S/C10H12Cl2N4O3/c1-14-7-6(8(18)15(2)10(14)19)16(9(12)13-7)4-5(17)3-11/h5,17H,3-4H2,1-2H3/t5-/m0/s1. The zero-order chi connectivity index (χ0) is 14.3. The second-order valence-corrected chi connectivity index (χ2v) is 4.82. The van der Waals surface area contributed by atoms with Gasteiger partial charge in [0.05, 0.1) is 18.5 Å². The number of fused-ring (bicyclic) bond motifs is 1. The van der Waals surface area contributed by atoms with Crippen LogP contribution >= 0.6 is 23.2 Å². The summed E-state index contributed by atoms with van der Waals surface area (Å²) in [6.07, 6.45) is -0.862. The van der Waals surface area contributed by atoms with Gasteiger partial charge in [0, 0.05) is 14.1 Å². The van der Waals surface area contributed by atoms with Crippen molar-refractivity contribution in [2.45, 2.75) is 12.6 Å². The third kappa shape index (κ3) is 2.18. The van der Waals surface area contributed by atoms with E-state index in [9.17, 15) is 14.7 Å². The van der Waals surface area contributed by atoms with Crippen LogP contribution in [0.4, 0.5) is 0 Å². The molecule has 0 fully saturated rings. The van der Waals surface area contributed by atoms with E-state index in [1.54, 1.807) is 0 Å². The lowest BCUT2D eigenvalue weighted by Crippen LogP contribution is -2.37. The summed E-state index contributed by atoms with van der Waals surface area (Å²) in [5, 5.41) is 9.61. The van der Waals surface area contributed by atoms with Crippen LogP contribution in [0, 0.1) is 0 Å². The van der Waals surface area contributed by atoms with Crippen LogP contribution in [-0.2, 0) is 20.6 Å². The molecule has 1 atom stereocenters. The summed E-state index contributed by atoms with van der Waals surface area (Å²) in [6, 6.07) is 0. The van der Waals surface area contributed by atoms with Gasteiger partial charge in [-0.15, -0.1) is 11.6 Å². The van der Waals surface area contributed by atoms with Gasteiger partial charge in [0.15, 0.2) is 11.2 Å². The molecule has 0 aromatic carbocycles. The first-order valence-electron chi connectivity index (χ1n) is 5.44. The molecule has 0 radical (unpaired) electrons. The molecule has 0 aliphatic carbocycles. The van der Waals surface area contributed by atoms with E-state index >= 15 is 0 Å². The van der Waals surface area contributed by atoms with E-state index in [0.29, 0.717) is 0 Å². The molecular weight excluding hydrogens is 295 g/mol. The molecule has 0 bridgehead atoms. The van der Waals surface area contributed by atoms with E-state index in [4.69, 9.17) is 23.2 Å². The first-order valence-corrected chi connectivity index (χ1v) is 6.35. The van der Waals surface area contributed by atoms with Crippen molar-refractivity contribution in [3.05, 3.63) is 26.1 Å². The van der Waals surface area contributed by atoms with E-state index < -0.39 is 17.4 Å². The first kappa shape index (κ1) is 14.1. The van der Waals surface area contributed by atoms with E-state index in [-0.39, 0.29) is 28.9 Å². The summed E-state index contributed by atoms with van der Waals surface area (Å²) in [4.78, 5) is 27.9. The average molecular weight is 307 g/mol. The average Bonchev–Trinajstić information content (AvgIpc) is 2.71. The van der Waals surface area contributed by atoms with Crippen LogP contribution in [0.2, 0.25) is 5.28 Å². The van der Waals surface area contributed by atoms with Gasteiger partial charge in [0.25, 0.3) is 5.56 Å². The molecule has 0 amide bonds. The largest absolute Gasteiger partial charge is 0.390 e. The number of aliphatic hydroxyl groups excluding tert-OH is 1. The van der Waals surface area contributed by atoms with Crippen LogP contribution in [0.15, 0.2) is 9.59 Å². The normalized spacial score (nSPS) is 13.1. The van der Waals surface area contributed by atoms with Crippen LogP contribution in [0.25, 0.3) is 11.2 Å². The fourth-order valence-electron chi connectivity index (χ4n) is 1.85. The summed E-state index contributed by atoms with van der Waals surface area (Å²) < 4.78 is 3.54. The number of halogens is 2. The Labute approximate surface area is 117 Å². The number of hydrogen-bond acceptors (Lipinski definition) is 4. The van der Waals surface area contributed by atoms with Gasteiger partial charge in [-0.3, -0.25) is 13.9 Å². The maximum absolute atomic E-state index is 12.1. The Morgan fingerprint density at radius 2 is 1.95 bits per heavy atom. The minimum Gasteiger partial charge on any atom is -0.390 e. The molecule has 2 heterocycles. The molecule has 0 aliphatic rings. The molecular formula is C10H12Cl2N4O3. The molecule has 0 saturated carbocycles. The molecule has 104 valence electrons. The predicted molar refractivity (Wildman–Crippen MR) is 72.0 cm³/mol. The molecule has 19 heavy (non-hydrogen) atoms. The zero-order valence-corrected chi connectivity index (χ0v) is 11.8. The number of aryl methyl sites for hydroxylation is 1. The summed E-state index contributed by atoms with van der Waals surface area (Å²) in [7, 11) is 2.86. The molecule has 0 aliphatic heterocycles. The highest BCUT2D eigenvalue weighted by Crippen LogP contribution is 2.16. The Balaban J connectivity index is 2.83. The highest BCUT2D eigenvalue weighted by molar-refractivity contribution is 6.29. The molecule has 9 heteroatoms. The maximum Gasteiger partial charge on any atom is 0.332 e. The lowest BCUT2D eigenvalue weighted by atomic mass is 10.4. The second kappa shape index (κ2) is 4.99. The Bertz CT molecular complexity index is 746. The maximum atomic E-state index is 12.1. The van der Waals surface area contributed by atoms with Gasteiger partial charge in [-0.1, -0.05) is 0 Å². The van der Waals surface area contributed by atoms with Crippen LogP contribution in [0.3, 0.4) is 0 Å². The Hall–Kier alpha value is -1.31. The highest BCUT2D eigenvalue weighted by atomic mass is 35.5. The van der Waals surface area contributed by atoms with E-state index in [1.807, 2.05) is 0 Å². The lowest BCUT2D eigenvalue weighted by molar-refractivity contribution is 0.178. The number of imidazole rings is 1. The zero-order valence-electron chi connectivity index (χ0n) is 10.3. The van der Waals surface area contributed by atoms with Crippen molar-refractivity contribution in [3.63, 3.8) is 0 Å². The molecule has 2 rings (SSSR count). The number of hydrogen-bond donors (Lipinski definition) is 1. The van der Waals surface area contributed by atoms with Gasteiger partial charge in [0.2, 0.25) is 5.28 Å². The molecule has 2 aromatic rings. The van der Waals surface area contributed by atoms with Crippen LogP contribution in [0.5, 0.6) is 0 Å². The van der Waals surface area contributed by atoms with Crippen molar-refractivity contribution >= 4 is 34.4 Å². The smallest absolute Gasteiger partial charge is 0.332 e. The van der Waals surface area contributed by atoms with Gasteiger partial charge in [-0.25, -0.2) is 4.79 Å². The number of aromatic nitrogens is 4. The number of nitrogens with zero attached hydrogens (tertiary/aromatic N) is 4. The topological polar surface area (TPSA) is 82.0 Å². The Morgan fingerprint density at radius 1 is 1.32 bits per heavy atom. The molecule has 0 saturated heterocycles. The number of rotatable bonds is 3. The summed E-state index contributed by atoms with van der Waals surface area (Å²) in [5.74, 6) is 0.00207. The molecule has 0 unspecified atom stereocenters. The molecule has 0 spiro atoms. The molecule has 2 aromatic heterocycles. The Morgan fingerprint density at radius 3 is 2.53 bits per heavy atom. The number of aliphatic hydroxyl groups is 1. The van der Waals surface area contributed by atoms with E-state index in [1.165, 1.54) is 23.2 Å². The predicted octanol–water partition coefficient (Wildman–Crippen LogP) is -0.313. The molecule has 1 N–H and O–H groups in total. The number of alkyl halides is 1. The minimum absolute atomic E-state index is 0.00207. The first-order chi connectivity index (χ1) is 8.88. The molecule has 7 nitrogen and oxygen atoms in total. The minimum atomic E-state index is -0.862. The van der Waals surface area contributed by atoms with Gasteiger partial charge in [-0.05, 0) is 11.6 Å². The van der Waals surface area contributed by atoms with Gasteiger partial charge in [-0.2, -0.15) is 4.98 Å². The van der Waals surface area contributed by atoms with Gasteiger partial charge in [0.1, 0.15) is 0 Å². The quantitative estimate of drug-likeness (QED) is 0.623. The van der Waals surface area contributed by atoms with Crippen molar-refractivity contribution in [3.8, 4) is 0 Å². The fourth-order valence-corrected chi connectivity index (χ4v) is 2.18. The van der Waals surface area contributed by atoms with Crippen LogP contribution < -0.4 is 11.2 Å². The van der Waals surface area contributed by atoms with Crippen molar-refractivity contribution < 1.29 is 5.11 Å². The van der Waals surface area contributed by atoms with Crippen molar-refractivity contribution in [2.75, 3.05) is 5.88 Å². The summed E-state index contributed by atoms with van der Waals surface area (Å²) >= 11 is 11.5. The second-order valence-electron chi connectivity index (χ2n) is 4.18. The van der Waals surface area contributed by atoms with Crippen LogP contribution in [-0.4, -0.2) is 35.8 Å². The SMILES string of the molecule is Cn1c(=O)c2c(nc(Cl)n2C[C@@H](O)CCl)n(C)c1=O. The van der Waals surface area contributed by atoms with Crippen molar-refractivity contribution in [2.24, 2.45) is 14.1 Å².